The number of hydrogen-bond donors (Lipinski definition) is 1. The van der Waals surface area contributed by atoms with Crippen molar-refractivity contribution in [3.05, 3.63) is 48.0 Å². The number of rotatable bonds is 4. The zero-order valence-corrected chi connectivity index (χ0v) is 14.6. The average molecular weight is 366 g/mol. The maximum absolute atomic E-state index is 13.8. The zero-order valence-electron chi connectivity index (χ0n) is 13.7. The first-order valence-corrected chi connectivity index (χ1v) is 9.80. The third kappa shape index (κ3) is 4.08. The number of hydrogen-bond acceptors (Lipinski definition) is 4. The molecule has 0 radical (unpaired) electrons. The number of sulfonamides is 1. The average Bonchev–Trinajstić information content (AvgIpc) is 3.04. The van der Waals surface area contributed by atoms with Crippen LogP contribution in [0.4, 0.5) is 4.39 Å². The van der Waals surface area contributed by atoms with Crippen LogP contribution in [0.5, 0.6) is 0 Å². The summed E-state index contributed by atoms with van der Waals surface area (Å²) in [7, 11) is -3.28. The van der Waals surface area contributed by atoms with Crippen LogP contribution >= 0.6 is 0 Å². The fourth-order valence-electron chi connectivity index (χ4n) is 2.88. The Balaban J connectivity index is 1.69. The smallest absolute Gasteiger partial charge is 0.287 e. The van der Waals surface area contributed by atoms with Crippen molar-refractivity contribution in [2.45, 2.75) is 18.9 Å². The summed E-state index contributed by atoms with van der Waals surface area (Å²) < 4.78 is 43.9. The predicted octanol–water partition coefficient (Wildman–Crippen LogP) is 2.24. The Morgan fingerprint density at radius 3 is 2.76 bits per heavy atom. The fraction of sp³-hybridized carbons (Fsp3) is 0.353. The number of carbonyl (C=O) groups excluding carboxylic acids is 1. The Labute approximate surface area is 145 Å². The van der Waals surface area contributed by atoms with Gasteiger partial charge >= 0.3 is 0 Å². The molecule has 0 saturated carbocycles. The highest BCUT2D eigenvalue weighted by Gasteiger charge is 2.27. The van der Waals surface area contributed by atoms with Gasteiger partial charge < -0.3 is 9.73 Å². The van der Waals surface area contributed by atoms with Crippen LogP contribution in [0.2, 0.25) is 0 Å². The number of nitrogens with one attached hydrogen (secondary N) is 1. The lowest BCUT2D eigenvalue weighted by Crippen LogP contribution is -2.49. The number of piperidine rings is 1. The number of benzene rings is 1. The predicted molar refractivity (Wildman–Crippen MR) is 91.0 cm³/mol. The highest BCUT2D eigenvalue weighted by molar-refractivity contribution is 7.88. The van der Waals surface area contributed by atoms with Crippen molar-refractivity contribution in [3.63, 3.8) is 0 Å². The SMILES string of the molecule is CS(=O)(=O)N1CCC[C@H](NC(=O)c2ccc(-c3ccccc3F)o2)C1. The van der Waals surface area contributed by atoms with E-state index < -0.39 is 21.7 Å². The quantitative estimate of drug-likeness (QED) is 0.900. The minimum Gasteiger partial charge on any atom is -0.451 e. The normalized spacial score (nSPS) is 18.9. The third-order valence-electron chi connectivity index (χ3n) is 4.16. The summed E-state index contributed by atoms with van der Waals surface area (Å²) in [5, 5.41) is 2.78. The van der Waals surface area contributed by atoms with Gasteiger partial charge in [0.15, 0.2) is 5.76 Å². The Morgan fingerprint density at radius 1 is 1.28 bits per heavy atom. The molecule has 25 heavy (non-hydrogen) atoms. The van der Waals surface area contributed by atoms with E-state index in [0.717, 1.165) is 6.26 Å². The molecule has 1 fully saturated rings. The molecule has 0 bridgehead atoms. The van der Waals surface area contributed by atoms with Crippen LogP contribution in [0, 0.1) is 5.82 Å². The first-order valence-electron chi connectivity index (χ1n) is 7.95. The Bertz CT molecular complexity index is 878. The van der Waals surface area contributed by atoms with Crippen LogP contribution in [0.1, 0.15) is 23.4 Å². The van der Waals surface area contributed by atoms with Crippen LogP contribution < -0.4 is 5.32 Å². The highest BCUT2D eigenvalue weighted by Crippen LogP contribution is 2.25. The minimum atomic E-state index is -3.28. The molecule has 1 aromatic carbocycles. The zero-order chi connectivity index (χ0) is 18.0. The molecule has 3 rings (SSSR count). The van der Waals surface area contributed by atoms with E-state index in [0.29, 0.717) is 19.4 Å². The van der Waals surface area contributed by atoms with Crippen LogP contribution in [-0.4, -0.2) is 44.0 Å². The second-order valence-electron chi connectivity index (χ2n) is 6.08. The van der Waals surface area contributed by atoms with Gasteiger partial charge in [0, 0.05) is 19.1 Å². The number of nitrogens with zero attached hydrogens (tertiary/aromatic N) is 1. The van der Waals surface area contributed by atoms with Gasteiger partial charge in [0.05, 0.1) is 11.8 Å². The van der Waals surface area contributed by atoms with Gasteiger partial charge in [-0.25, -0.2) is 17.1 Å². The summed E-state index contributed by atoms with van der Waals surface area (Å²) in [5.74, 6) is -0.540. The molecule has 0 aliphatic carbocycles. The van der Waals surface area contributed by atoms with Crippen LogP contribution in [0.25, 0.3) is 11.3 Å². The van der Waals surface area contributed by atoms with Gasteiger partial charge in [0.25, 0.3) is 5.91 Å². The summed E-state index contributed by atoms with van der Waals surface area (Å²) >= 11 is 0. The molecule has 8 heteroatoms. The molecule has 1 aliphatic rings. The molecule has 1 atom stereocenters. The van der Waals surface area contributed by atoms with Crippen molar-refractivity contribution in [2.24, 2.45) is 0 Å². The van der Waals surface area contributed by atoms with Gasteiger partial charge in [-0.2, -0.15) is 0 Å². The van der Waals surface area contributed by atoms with Gasteiger partial charge in [-0.05, 0) is 37.1 Å². The second kappa shape index (κ2) is 6.97. The van der Waals surface area contributed by atoms with Gasteiger partial charge in [-0.3, -0.25) is 4.79 Å². The number of carbonyl (C=O) groups is 1. The number of halogens is 1. The van der Waals surface area contributed by atoms with E-state index in [9.17, 15) is 17.6 Å². The summed E-state index contributed by atoms with van der Waals surface area (Å²) in [6, 6.07) is 8.89. The largest absolute Gasteiger partial charge is 0.451 e. The van der Waals surface area contributed by atoms with E-state index >= 15 is 0 Å². The molecule has 1 N–H and O–H groups in total. The lowest BCUT2D eigenvalue weighted by molar-refractivity contribution is 0.0894. The van der Waals surface area contributed by atoms with Crippen molar-refractivity contribution in [3.8, 4) is 11.3 Å². The molecule has 1 aromatic heterocycles. The Hall–Kier alpha value is -2.19. The van der Waals surface area contributed by atoms with E-state index in [1.54, 1.807) is 18.2 Å². The molecule has 134 valence electrons. The molecule has 1 saturated heterocycles. The second-order valence-corrected chi connectivity index (χ2v) is 8.06. The topological polar surface area (TPSA) is 79.6 Å². The van der Waals surface area contributed by atoms with Crippen LogP contribution in [0.15, 0.2) is 40.8 Å². The lowest BCUT2D eigenvalue weighted by Gasteiger charge is -2.31. The summed E-state index contributed by atoms with van der Waals surface area (Å²) in [5.41, 5.74) is 0.280. The minimum absolute atomic E-state index is 0.0646. The molecule has 2 heterocycles. The standard InChI is InChI=1S/C17H19FN2O4S/c1-25(22,23)20-10-4-5-12(11-20)19-17(21)16-9-8-15(24-16)13-6-2-3-7-14(13)18/h2-3,6-9,12H,4-5,10-11H2,1H3,(H,19,21)/t12-/m0/s1. The maximum atomic E-state index is 13.8. The Morgan fingerprint density at radius 2 is 2.04 bits per heavy atom. The molecule has 6 nitrogen and oxygen atoms in total. The summed E-state index contributed by atoms with van der Waals surface area (Å²) in [4.78, 5) is 12.3. The fourth-order valence-corrected chi connectivity index (χ4v) is 3.80. The van der Waals surface area contributed by atoms with E-state index in [4.69, 9.17) is 4.42 Å². The van der Waals surface area contributed by atoms with Gasteiger partial charge in [-0.1, -0.05) is 12.1 Å². The Kier molecular flexibility index (Phi) is 4.91. The maximum Gasteiger partial charge on any atom is 0.287 e. The van der Waals surface area contributed by atoms with Crippen LogP contribution in [0.3, 0.4) is 0 Å². The van der Waals surface area contributed by atoms with E-state index in [1.807, 2.05) is 0 Å². The lowest BCUT2D eigenvalue weighted by atomic mass is 10.1. The first-order chi connectivity index (χ1) is 11.8. The molecule has 1 aliphatic heterocycles. The first kappa shape index (κ1) is 17.6. The van der Waals surface area contributed by atoms with Gasteiger partial charge in [0.2, 0.25) is 10.0 Å². The van der Waals surface area contributed by atoms with E-state index in [1.165, 1.54) is 22.5 Å². The van der Waals surface area contributed by atoms with Gasteiger partial charge in [0.1, 0.15) is 11.6 Å². The molecule has 0 unspecified atom stereocenters. The van der Waals surface area contributed by atoms with Crippen molar-refractivity contribution in [1.29, 1.82) is 0 Å². The van der Waals surface area contributed by atoms with Crippen LogP contribution in [-0.2, 0) is 10.0 Å². The van der Waals surface area contributed by atoms with E-state index in [-0.39, 0.29) is 29.7 Å². The molecule has 2 aromatic rings. The highest BCUT2D eigenvalue weighted by atomic mass is 32.2. The summed E-state index contributed by atoms with van der Waals surface area (Å²) in [6.45, 7) is 0.703. The van der Waals surface area contributed by atoms with Crippen molar-refractivity contribution < 1.29 is 22.0 Å². The molecular weight excluding hydrogens is 347 g/mol. The summed E-state index contributed by atoms with van der Waals surface area (Å²) in [6.07, 6.45) is 2.53. The molecule has 1 amide bonds. The number of furan rings is 1. The molecular formula is C17H19FN2O4S. The third-order valence-corrected chi connectivity index (χ3v) is 5.43. The number of amides is 1. The molecule has 0 spiro atoms. The van der Waals surface area contributed by atoms with E-state index in [2.05, 4.69) is 5.32 Å². The van der Waals surface area contributed by atoms with Crippen molar-refractivity contribution in [1.82, 2.24) is 9.62 Å². The van der Waals surface area contributed by atoms with Crippen molar-refractivity contribution in [2.75, 3.05) is 19.3 Å². The monoisotopic (exact) mass is 366 g/mol. The van der Waals surface area contributed by atoms with Crippen molar-refractivity contribution >= 4 is 15.9 Å². The van der Waals surface area contributed by atoms with Gasteiger partial charge in [-0.15, -0.1) is 0 Å².